The van der Waals surface area contributed by atoms with Gasteiger partial charge in [0.15, 0.2) is 0 Å². The molecule has 106 valence electrons. The van der Waals surface area contributed by atoms with Crippen LogP contribution < -0.4 is 10.6 Å². The highest BCUT2D eigenvalue weighted by Gasteiger charge is 2.05. The van der Waals surface area contributed by atoms with Crippen LogP contribution in [0.15, 0.2) is 36.7 Å². The highest BCUT2D eigenvalue weighted by Crippen LogP contribution is 2.09. The van der Waals surface area contributed by atoms with Crippen LogP contribution in [0, 0.1) is 0 Å². The number of carbonyl (C=O) groups is 1. The lowest BCUT2D eigenvalue weighted by molar-refractivity contribution is 0.0954. The number of aromatic nitrogens is 2. The summed E-state index contributed by atoms with van der Waals surface area (Å²) in [6, 6.07) is 7.52. The van der Waals surface area contributed by atoms with Crippen molar-refractivity contribution in [3.63, 3.8) is 0 Å². The van der Waals surface area contributed by atoms with Gasteiger partial charge in [-0.25, -0.2) is 4.98 Å². The van der Waals surface area contributed by atoms with Gasteiger partial charge in [0.05, 0.1) is 0 Å². The molecule has 0 aliphatic rings. The number of nitrogens with zero attached hydrogens (tertiary/aromatic N) is 1. The highest BCUT2D eigenvalue weighted by molar-refractivity contribution is 5.94. The van der Waals surface area contributed by atoms with Crippen LogP contribution in [0.4, 0.5) is 5.69 Å². The van der Waals surface area contributed by atoms with Gasteiger partial charge < -0.3 is 15.6 Å². The Morgan fingerprint density at radius 2 is 2.05 bits per heavy atom. The normalized spacial score (nSPS) is 10.2. The van der Waals surface area contributed by atoms with E-state index in [2.05, 4.69) is 27.5 Å². The molecule has 1 amide bonds. The monoisotopic (exact) mass is 272 g/mol. The van der Waals surface area contributed by atoms with E-state index in [1.807, 2.05) is 24.3 Å². The molecule has 0 saturated carbocycles. The maximum absolute atomic E-state index is 11.9. The van der Waals surface area contributed by atoms with Crippen LogP contribution in [0.3, 0.4) is 0 Å². The minimum Gasteiger partial charge on any atom is -0.385 e. The largest absolute Gasteiger partial charge is 0.385 e. The molecule has 0 unspecified atom stereocenters. The van der Waals surface area contributed by atoms with Gasteiger partial charge in [-0.2, -0.15) is 0 Å². The molecule has 0 aliphatic heterocycles. The number of imidazole rings is 1. The maximum Gasteiger partial charge on any atom is 0.251 e. The van der Waals surface area contributed by atoms with Gasteiger partial charge in [-0.05, 0) is 30.7 Å². The maximum atomic E-state index is 11.9. The third kappa shape index (κ3) is 4.12. The summed E-state index contributed by atoms with van der Waals surface area (Å²) in [6.45, 7) is 3.63. The van der Waals surface area contributed by atoms with Crippen molar-refractivity contribution < 1.29 is 4.79 Å². The van der Waals surface area contributed by atoms with E-state index in [1.54, 1.807) is 12.4 Å². The van der Waals surface area contributed by atoms with Crippen LogP contribution >= 0.6 is 0 Å². The van der Waals surface area contributed by atoms with Crippen molar-refractivity contribution in [3.05, 3.63) is 48.0 Å². The zero-order valence-electron chi connectivity index (χ0n) is 11.6. The lowest BCUT2D eigenvalue weighted by Crippen LogP contribution is -2.25. The van der Waals surface area contributed by atoms with Crippen LogP contribution in [-0.2, 0) is 6.42 Å². The molecule has 2 rings (SSSR count). The lowest BCUT2D eigenvalue weighted by atomic mass is 10.2. The lowest BCUT2D eigenvalue weighted by Gasteiger charge is -2.07. The topological polar surface area (TPSA) is 69.8 Å². The van der Waals surface area contributed by atoms with Gasteiger partial charge in [-0.3, -0.25) is 4.79 Å². The SMILES string of the molecule is CCCNc1ccc(C(=O)NCCc2ncc[nH]2)cc1. The number of nitrogens with one attached hydrogen (secondary N) is 3. The van der Waals surface area contributed by atoms with Crippen molar-refractivity contribution in [1.82, 2.24) is 15.3 Å². The number of hydrogen-bond donors (Lipinski definition) is 3. The number of amides is 1. The quantitative estimate of drug-likeness (QED) is 0.723. The first-order valence-electron chi connectivity index (χ1n) is 6.90. The summed E-state index contributed by atoms with van der Waals surface area (Å²) in [7, 11) is 0. The molecular weight excluding hydrogens is 252 g/mol. The fourth-order valence-corrected chi connectivity index (χ4v) is 1.84. The molecule has 0 fully saturated rings. The van der Waals surface area contributed by atoms with E-state index in [1.165, 1.54) is 0 Å². The summed E-state index contributed by atoms with van der Waals surface area (Å²) >= 11 is 0. The molecule has 3 N–H and O–H groups in total. The third-order valence-electron chi connectivity index (χ3n) is 2.93. The predicted molar refractivity (Wildman–Crippen MR) is 79.8 cm³/mol. The summed E-state index contributed by atoms with van der Waals surface area (Å²) in [4.78, 5) is 19.1. The molecule has 5 nitrogen and oxygen atoms in total. The Balaban J connectivity index is 1.79. The van der Waals surface area contributed by atoms with Gasteiger partial charge in [-0.15, -0.1) is 0 Å². The van der Waals surface area contributed by atoms with Crippen LogP contribution in [-0.4, -0.2) is 29.0 Å². The molecule has 0 atom stereocenters. The zero-order valence-corrected chi connectivity index (χ0v) is 11.6. The van der Waals surface area contributed by atoms with Gasteiger partial charge in [-0.1, -0.05) is 6.92 Å². The van der Waals surface area contributed by atoms with Gasteiger partial charge >= 0.3 is 0 Å². The number of rotatable bonds is 7. The van der Waals surface area contributed by atoms with Gasteiger partial charge in [0, 0.05) is 43.2 Å². The van der Waals surface area contributed by atoms with Crippen LogP contribution in [0.1, 0.15) is 29.5 Å². The number of hydrogen-bond acceptors (Lipinski definition) is 3. The fourth-order valence-electron chi connectivity index (χ4n) is 1.84. The minimum atomic E-state index is -0.0569. The summed E-state index contributed by atoms with van der Waals surface area (Å²) in [5.41, 5.74) is 1.71. The summed E-state index contributed by atoms with van der Waals surface area (Å²) in [6.07, 6.45) is 5.27. The Bertz CT molecular complexity index is 519. The first-order valence-corrected chi connectivity index (χ1v) is 6.90. The van der Waals surface area contributed by atoms with Crippen molar-refractivity contribution in [2.75, 3.05) is 18.4 Å². The van der Waals surface area contributed by atoms with Crippen LogP contribution in [0.25, 0.3) is 0 Å². The van der Waals surface area contributed by atoms with Crippen molar-refractivity contribution in [2.24, 2.45) is 0 Å². The summed E-state index contributed by atoms with van der Waals surface area (Å²) in [5.74, 6) is 0.822. The van der Waals surface area contributed by atoms with Gasteiger partial charge in [0.2, 0.25) is 0 Å². The average Bonchev–Trinajstić information content (AvgIpc) is 2.99. The van der Waals surface area contributed by atoms with E-state index in [0.29, 0.717) is 18.5 Å². The van der Waals surface area contributed by atoms with E-state index in [-0.39, 0.29) is 5.91 Å². The number of carbonyl (C=O) groups excluding carboxylic acids is 1. The molecule has 0 bridgehead atoms. The second-order valence-electron chi connectivity index (χ2n) is 4.55. The molecule has 5 heteroatoms. The molecule has 20 heavy (non-hydrogen) atoms. The van der Waals surface area contributed by atoms with Gasteiger partial charge in [0.25, 0.3) is 5.91 Å². The van der Waals surface area contributed by atoms with Crippen molar-refractivity contribution in [3.8, 4) is 0 Å². The molecule has 1 aromatic heterocycles. The van der Waals surface area contributed by atoms with E-state index in [4.69, 9.17) is 0 Å². The Morgan fingerprint density at radius 1 is 1.25 bits per heavy atom. The third-order valence-corrected chi connectivity index (χ3v) is 2.93. The first kappa shape index (κ1) is 14.1. The second-order valence-corrected chi connectivity index (χ2v) is 4.55. The molecule has 0 spiro atoms. The minimum absolute atomic E-state index is 0.0569. The molecule has 1 heterocycles. The van der Waals surface area contributed by atoms with Crippen molar-refractivity contribution in [1.29, 1.82) is 0 Å². The number of anilines is 1. The predicted octanol–water partition coefficient (Wildman–Crippen LogP) is 2.20. The van der Waals surface area contributed by atoms with E-state index in [0.717, 1.165) is 24.5 Å². The molecule has 2 aromatic rings. The van der Waals surface area contributed by atoms with E-state index in [9.17, 15) is 4.79 Å². The highest BCUT2D eigenvalue weighted by atomic mass is 16.1. The van der Waals surface area contributed by atoms with Crippen LogP contribution in [0.2, 0.25) is 0 Å². The summed E-state index contributed by atoms with van der Waals surface area (Å²) in [5, 5.41) is 6.16. The molecule has 0 saturated heterocycles. The van der Waals surface area contributed by atoms with Gasteiger partial charge in [0.1, 0.15) is 5.82 Å². The van der Waals surface area contributed by atoms with Crippen molar-refractivity contribution >= 4 is 11.6 Å². The number of H-pyrrole nitrogens is 1. The Morgan fingerprint density at radius 3 is 2.70 bits per heavy atom. The Labute approximate surface area is 118 Å². The van der Waals surface area contributed by atoms with Crippen LogP contribution in [0.5, 0.6) is 0 Å². The molecule has 1 aromatic carbocycles. The number of aromatic amines is 1. The Kier molecular flexibility index (Phi) is 5.17. The smallest absolute Gasteiger partial charge is 0.251 e. The first-order chi connectivity index (χ1) is 9.79. The molecule has 0 radical (unpaired) electrons. The van der Waals surface area contributed by atoms with Crippen molar-refractivity contribution in [2.45, 2.75) is 19.8 Å². The average molecular weight is 272 g/mol. The van der Waals surface area contributed by atoms with E-state index < -0.39 is 0 Å². The summed E-state index contributed by atoms with van der Waals surface area (Å²) < 4.78 is 0. The standard InChI is InChI=1S/C15H20N4O/c1-2-8-16-13-5-3-12(4-6-13)15(20)19-9-7-14-17-10-11-18-14/h3-6,10-11,16H,2,7-9H2,1H3,(H,17,18)(H,19,20). The van der Waals surface area contributed by atoms with E-state index >= 15 is 0 Å². The number of benzene rings is 1. The Hall–Kier alpha value is -2.30. The second kappa shape index (κ2) is 7.33. The molecule has 0 aliphatic carbocycles. The fraction of sp³-hybridized carbons (Fsp3) is 0.333. The zero-order chi connectivity index (χ0) is 14.2. The molecular formula is C15H20N4O.